The maximum Gasteiger partial charge on any atom is 0.0476 e. The molecule has 0 amide bonds. The fraction of sp³-hybridized carbons (Fsp3) is 0. The molecule has 1 nitrogen and oxygen atoms in total. The minimum atomic E-state index is 1.13. The van der Waals surface area contributed by atoms with E-state index in [9.17, 15) is 0 Å². The molecule has 11 rings (SSSR count). The van der Waals surface area contributed by atoms with Crippen molar-refractivity contribution in [2.45, 2.75) is 0 Å². The summed E-state index contributed by atoms with van der Waals surface area (Å²) in [6.07, 6.45) is 0. The Bertz CT molecular complexity index is 3090. The van der Waals surface area contributed by atoms with Crippen LogP contribution in [-0.4, -0.2) is 0 Å². The van der Waals surface area contributed by atoms with Gasteiger partial charge >= 0.3 is 0 Å². The van der Waals surface area contributed by atoms with Gasteiger partial charge in [0.25, 0.3) is 0 Å². The predicted molar refractivity (Wildman–Crippen MR) is 241 cm³/mol. The summed E-state index contributed by atoms with van der Waals surface area (Å²) in [5, 5.41) is 7.78. The fourth-order valence-corrected chi connectivity index (χ4v) is 10.3. The maximum atomic E-state index is 2.41. The Hall–Kier alpha value is -6.52. The smallest absolute Gasteiger partial charge is 0.0476 e. The second-order valence-corrected chi connectivity index (χ2v) is 16.3. The average molecular weight is 736 g/mol. The minimum Gasteiger partial charge on any atom is -0.310 e. The van der Waals surface area contributed by atoms with E-state index in [1.807, 2.05) is 22.7 Å². The highest BCUT2D eigenvalue weighted by Gasteiger charge is 2.17. The first-order valence-corrected chi connectivity index (χ1v) is 20.3. The molecule has 0 radical (unpaired) electrons. The number of nitrogens with zero attached hydrogens (tertiary/aromatic N) is 1. The van der Waals surface area contributed by atoms with Gasteiger partial charge in [-0.05, 0) is 105 Å². The number of hydrogen-bond acceptors (Lipinski definition) is 3. The van der Waals surface area contributed by atoms with Crippen molar-refractivity contribution in [3.05, 3.63) is 200 Å². The SMILES string of the molecule is c1cc(-c2ccc(-c3ccc(N(c4ccc5c(c4)sc4ccccc45)c4ccc5c(c4)sc4ccccc45)cc3)cc2)cc(-c2ccc3ccccc3c2)c1. The summed E-state index contributed by atoms with van der Waals surface area (Å²) >= 11 is 3.73. The van der Waals surface area contributed by atoms with Crippen LogP contribution in [0.25, 0.3) is 84.5 Å². The Balaban J connectivity index is 0.937. The standard InChI is InChI=1S/C52H33NS2/c1-2-9-38-31-41(21-20-34(38)8-1)40-11-7-10-39(30-40)37-18-16-35(17-19-37)36-22-24-42(25-23-36)53(43-26-28-47-45-12-3-5-14-49(45)54-51(47)32-43)44-27-29-48-46-13-4-6-15-50(46)55-52(48)33-44/h1-33H. The van der Waals surface area contributed by atoms with E-state index in [1.54, 1.807) is 0 Å². The molecule has 11 aromatic rings. The van der Waals surface area contributed by atoms with Gasteiger partial charge in [-0.1, -0.05) is 140 Å². The van der Waals surface area contributed by atoms with E-state index >= 15 is 0 Å². The number of hydrogen-bond donors (Lipinski definition) is 0. The topological polar surface area (TPSA) is 3.24 Å². The first kappa shape index (κ1) is 32.0. The lowest BCUT2D eigenvalue weighted by Crippen LogP contribution is -2.09. The van der Waals surface area contributed by atoms with Crippen LogP contribution in [0.3, 0.4) is 0 Å². The van der Waals surface area contributed by atoms with E-state index in [0.717, 1.165) is 17.1 Å². The lowest BCUT2D eigenvalue weighted by atomic mass is 9.96. The van der Waals surface area contributed by atoms with Gasteiger partial charge in [0.1, 0.15) is 0 Å². The zero-order valence-corrected chi connectivity index (χ0v) is 31.4. The van der Waals surface area contributed by atoms with Crippen LogP contribution < -0.4 is 4.90 Å². The zero-order chi connectivity index (χ0) is 36.3. The predicted octanol–water partition coefficient (Wildman–Crippen LogP) is 16.0. The maximum absolute atomic E-state index is 2.41. The quantitative estimate of drug-likeness (QED) is 0.164. The highest BCUT2D eigenvalue weighted by molar-refractivity contribution is 7.26. The van der Waals surface area contributed by atoms with Gasteiger partial charge in [-0.25, -0.2) is 0 Å². The van der Waals surface area contributed by atoms with Crippen LogP contribution in [0, 0.1) is 0 Å². The number of anilines is 3. The Morgan fingerprint density at radius 3 is 1.31 bits per heavy atom. The molecule has 3 heteroatoms. The van der Waals surface area contributed by atoms with E-state index in [-0.39, 0.29) is 0 Å². The molecule has 0 N–H and O–H groups in total. The van der Waals surface area contributed by atoms with Crippen molar-refractivity contribution in [1.82, 2.24) is 0 Å². The average Bonchev–Trinajstić information content (AvgIpc) is 3.82. The first-order chi connectivity index (χ1) is 27.2. The zero-order valence-electron chi connectivity index (χ0n) is 29.8. The summed E-state index contributed by atoms with van der Waals surface area (Å²) in [5.74, 6) is 0. The van der Waals surface area contributed by atoms with Crippen LogP contribution in [-0.2, 0) is 0 Å². The van der Waals surface area contributed by atoms with Crippen molar-refractivity contribution >= 4 is 90.9 Å². The lowest BCUT2D eigenvalue weighted by Gasteiger charge is -2.26. The lowest BCUT2D eigenvalue weighted by molar-refractivity contribution is 1.30. The van der Waals surface area contributed by atoms with Gasteiger partial charge in [-0.2, -0.15) is 0 Å². The van der Waals surface area contributed by atoms with Crippen molar-refractivity contribution in [2.75, 3.05) is 4.90 Å². The van der Waals surface area contributed by atoms with E-state index in [2.05, 4.69) is 205 Å². The summed E-state index contributed by atoms with van der Waals surface area (Å²) < 4.78 is 5.24. The largest absolute Gasteiger partial charge is 0.310 e. The molecule has 0 saturated carbocycles. The second-order valence-electron chi connectivity index (χ2n) is 14.2. The van der Waals surface area contributed by atoms with Crippen molar-refractivity contribution < 1.29 is 0 Å². The molecule has 2 aromatic heterocycles. The molecule has 55 heavy (non-hydrogen) atoms. The molecule has 0 atom stereocenters. The van der Waals surface area contributed by atoms with Crippen molar-refractivity contribution in [3.63, 3.8) is 0 Å². The van der Waals surface area contributed by atoms with Gasteiger partial charge in [0.2, 0.25) is 0 Å². The minimum absolute atomic E-state index is 1.13. The van der Waals surface area contributed by atoms with Crippen LogP contribution in [0.5, 0.6) is 0 Å². The summed E-state index contributed by atoms with van der Waals surface area (Å²) in [5.41, 5.74) is 10.7. The second kappa shape index (κ2) is 13.1. The van der Waals surface area contributed by atoms with Crippen molar-refractivity contribution in [2.24, 2.45) is 0 Å². The molecule has 2 heterocycles. The molecule has 0 unspecified atom stereocenters. The van der Waals surface area contributed by atoms with Crippen LogP contribution in [0.2, 0.25) is 0 Å². The molecule has 0 aliphatic heterocycles. The van der Waals surface area contributed by atoms with Gasteiger partial charge in [-0.3, -0.25) is 0 Å². The Morgan fingerprint density at radius 2 is 0.691 bits per heavy atom. The number of rotatable bonds is 6. The van der Waals surface area contributed by atoms with E-state index in [4.69, 9.17) is 0 Å². The molecule has 0 aliphatic carbocycles. The highest BCUT2D eigenvalue weighted by Crippen LogP contribution is 2.43. The molecule has 9 aromatic carbocycles. The molecule has 258 valence electrons. The molecule has 0 spiro atoms. The Kier molecular flexibility index (Phi) is 7.61. The first-order valence-electron chi connectivity index (χ1n) is 18.6. The summed E-state index contributed by atoms with van der Waals surface area (Å²) in [6, 6.07) is 73.5. The third-order valence-corrected chi connectivity index (χ3v) is 13.1. The van der Waals surface area contributed by atoms with Crippen molar-refractivity contribution in [3.8, 4) is 33.4 Å². The van der Waals surface area contributed by atoms with Gasteiger partial charge in [0, 0.05) is 57.4 Å². The summed E-state index contributed by atoms with van der Waals surface area (Å²) in [4.78, 5) is 2.41. The summed E-state index contributed by atoms with van der Waals surface area (Å²) in [7, 11) is 0. The Labute approximate surface area is 327 Å². The van der Waals surface area contributed by atoms with Crippen LogP contribution in [0.4, 0.5) is 17.1 Å². The van der Waals surface area contributed by atoms with Gasteiger partial charge in [0.05, 0.1) is 0 Å². The molecule has 0 bridgehead atoms. The van der Waals surface area contributed by atoms with Gasteiger partial charge < -0.3 is 4.90 Å². The highest BCUT2D eigenvalue weighted by atomic mass is 32.1. The van der Waals surface area contributed by atoms with E-state index < -0.39 is 0 Å². The molecule has 0 aliphatic rings. The third kappa shape index (κ3) is 5.68. The number of thiophene rings is 2. The third-order valence-electron chi connectivity index (χ3n) is 10.9. The molecular weight excluding hydrogens is 703 g/mol. The van der Waals surface area contributed by atoms with Crippen molar-refractivity contribution in [1.29, 1.82) is 0 Å². The van der Waals surface area contributed by atoms with Gasteiger partial charge in [0.15, 0.2) is 0 Å². The molecule has 0 fully saturated rings. The number of benzene rings is 9. The molecular formula is C52H33NS2. The van der Waals surface area contributed by atoms with Crippen LogP contribution in [0.15, 0.2) is 200 Å². The normalized spacial score (nSPS) is 11.6. The number of fused-ring (bicyclic) bond motifs is 7. The summed E-state index contributed by atoms with van der Waals surface area (Å²) in [6.45, 7) is 0. The molecule has 0 saturated heterocycles. The van der Waals surface area contributed by atoms with E-state index in [0.29, 0.717) is 0 Å². The van der Waals surface area contributed by atoms with Gasteiger partial charge in [-0.15, -0.1) is 22.7 Å². The monoisotopic (exact) mass is 735 g/mol. The fourth-order valence-electron chi connectivity index (χ4n) is 8.06. The van der Waals surface area contributed by atoms with E-state index in [1.165, 1.54) is 84.5 Å². The van der Waals surface area contributed by atoms with Crippen LogP contribution in [0.1, 0.15) is 0 Å². The van der Waals surface area contributed by atoms with Crippen LogP contribution >= 0.6 is 22.7 Å². The Morgan fingerprint density at radius 1 is 0.255 bits per heavy atom.